The largest absolute Gasteiger partial charge is 0.444 e. The molecule has 0 unspecified atom stereocenters. The summed E-state index contributed by atoms with van der Waals surface area (Å²) in [5.74, 6) is 1.26. The molecule has 4 nitrogen and oxygen atoms in total. The number of aryl methyl sites for hydroxylation is 2. The van der Waals surface area contributed by atoms with E-state index >= 15 is 0 Å². The second-order valence-electron chi connectivity index (χ2n) is 9.51. The Morgan fingerprint density at radius 3 is 2.67 bits per heavy atom. The molecule has 4 rings (SSSR count). The zero-order chi connectivity index (χ0) is 19.3. The number of ether oxygens (including phenoxy) is 1. The Labute approximate surface area is 162 Å². The molecule has 1 aromatic carbocycles. The lowest BCUT2D eigenvalue weighted by molar-refractivity contribution is 0.0288. The summed E-state index contributed by atoms with van der Waals surface area (Å²) in [6, 6.07) is 4.71. The van der Waals surface area contributed by atoms with Gasteiger partial charge in [0.2, 0.25) is 0 Å². The molecule has 1 aliphatic carbocycles. The number of amides is 1. The molecule has 0 spiro atoms. The number of aromatic nitrogens is 1. The van der Waals surface area contributed by atoms with Gasteiger partial charge in [-0.1, -0.05) is 6.07 Å². The summed E-state index contributed by atoms with van der Waals surface area (Å²) in [5.41, 5.74) is 5.39. The van der Waals surface area contributed by atoms with Gasteiger partial charge in [0.1, 0.15) is 5.60 Å². The van der Waals surface area contributed by atoms with Gasteiger partial charge in [0.25, 0.3) is 0 Å². The summed E-state index contributed by atoms with van der Waals surface area (Å²) in [6.07, 6.45) is 6.77. The highest BCUT2D eigenvalue weighted by molar-refractivity contribution is 5.88. The van der Waals surface area contributed by atoms with E-state index in [4.69, 9.17) is 4.74 Å². The van der Waals surface area contributed by atoms with Crippen molar-refractivity contribution in [3.05, 3.63) is 35.0 Å². The topological polar surface area (TPSA) is 34.5 Å². The van der Waals surface area contributed by atoms with Crippen LogP contribution in [0.5, 0.6) is 0 Å². The van der Waals surface area contributed by atoms with Crippen molar-refractivity contribution in [1.82, 2.24) is 9.47 Å². The lowest BCUT2D eigenvalue weighted by Crippen LogP contribution is -2.35. The van der Waals surface area contributed by atoms with Crippen molar-refractivity contribution in [3.8, 4) is 0 Å². The van der Waals surface area contributed by atoms with Crippen molar-refractivity contribution in [2.24, 2.45) is 13.0 Å². The number of carbonyl (C=O) groups is 1. The molecule has 2 aromatic rings. The molecule has 1 atom stereocenters. The maximum absolute atomic E-state index is 12.4. The molecule has 4 heteroatoms. The van der Waals surface area contributed by atoms with Gasteiger partial charge in [-0.15, -0.1) is 0 Å². The van der Waals surface area contributed by atoms with Gasteiger partial charge in [-0.2, -0.15) is 0 Å². The SMILES string of the molecule is Cc1cc(C2CC2)c(C[C@H]2CCN(C(=O)OC(C)(C)C)C2)c2ccn(C)c12. The zero-order valence-corrected chi connectivity index (χ0v) is 17.3. The molecule has 27 heavy (non-hydrogen) atoms. The second-order valence-corrected chi connectivity index (χ2v) is 9.51. The zero-order valence-electron chi connectivity index (χ0n) is 17.3. The highest BCUT2D eigenvalue weighted by Gasteiger charge is 2.33. The van der Waals surface area contributed by atoms with Crippen molar-refractivity contribution < 1.29 is 9.53 Å². The summed E-state index contributed by atoms with van der Waals surface area (Å²) in [6.45, 7) is 9.64. The van der Waals surface area contributed by atoms with Gasteiger partial charge in [-0.25, -0.2) is 4.79 Å². The van der Waals surface area contributed by atoms with Gasteiger partial charge in [0, 0.05) is 31.7 Å². The van der Waals surface area contributed by atoms with E-state index in [0.717, 1.165) is 31.8 Å². The van der Waals surface area contributed by atoms with Crippen LogP contribution < -0.4 is 0 Å². The van der Waals surface area contributed by atoms with Crippen LogP contribution >= 0.6 is 0 Å². The molecular weight excluding hydrogens is 336 g/mol. The van der Waals surface area contributed by atoms with Crippen molar-refractivity contribution in [1.29, 1.82) is 0 Å². The van der Waals surface area contributed by atoms with Crippen molar-refractivity contribution in [2.45, 2.75) is 64.9 Å². The Kier molecular flexibility index (Phi) is 4.48. The fourth-order valence-electron chi connectivity index (χ4n) is 4.57. The van der Waals surface area contributed by atoms with Gasteiger partial charge in [-0.3, -0.25) is 0 Å². The molecule has 146 valence electrons. The Balaban J connectivity index is 1.57. The van der Waals surface area contributed by atoms with Crippen molar-refractivity contribution >= 4 is 17.0 Å². The minimum Gasteiger partial charge on any atom is -0.444 e. The standard InChI is InChI=1S/C23H32N2O2/c1-15-12-19(17-6-7-17)20(18-9-10-24(5)21(15)18)13-16-8-11-25(14-16)22(26)27-23(2,3)4/h9-10,12,16-17H,6-8,11,13-14H2,1-5H3/t16-/m1/s1. The Morgan fingerprint density at radius 2 is 2.00 bits per heavy atom. The molecule has 0 bridgehead atoms. The van der Waals surface area contributed by atoms with Crippen LogP contribution in [-0.2, 0) is 18.2 Å². The summed E-state index contributed by atoms with van der Waals surface area (Å²) < 4.78 is 7.81. The minimum atomic E-state index is -0.429. The quantitative estimate of drug-likeness (QED) is 0.749. The first-order chi connectivity index (χ1) is 12.7. The van der Waals surface area contributed by atoms with Crippen LogP contribution in [-0.4, -0.2) is 34.3 Å². The molecule has 0 N–H and O–H groups in total. The van der Waals surface area contributed by atoms with Crippen LogP contribution in [0.3, 0.4) is 0 Å². The van der Waals surface area contributed by atoms with Crippen LogP contribution in [0.15, 0.2) is 18.3 Å². The Morgan fingerprint density at radius 1 is 1.26 bits per heavy atom. The third-order valence-electron chi connectivity index (χ3n) is 5.94. The summed E-state index contributed by atoms with van der Waals surface area (Å²) in [4.78, 5) is 14.3. The molecule has 2 fully saturated rings. The van der Waals surface area contributed by atoms with E-state index in [2.05, 4.69) is 36.9 Å². The van der Waals surface area contributed by atoms with E-state index in [9.17, 15) is 4.79 Å². The van der Waals surface area contributed by atoms with E-state index in [1.54, 1.807) is 5.56 Å². The normalized spacial score (nSPS) is 20.5. The molecule has 2 aliphatic rings. The first kappa shape index (κ1) is 18.4. The van der Waals surface area contributed by atoms with Crippen molar-refractivity contribution in [2.75, 3.05) is 13.1 Å². The van der Waals surface area contributed by atoms with E-state index in [1.807, 2.05) is 25.7 Å². The number of hydrogen-bond acceptors (Lipinski definition) is 2. The number of rotatable bonds is 3. The lowest BCUT2D eigenvalue weighted by Gasteiger charge is -2.24. The van der Waals surface area contributed by atoms with Gasteiger partial charge < -0.3 is 14.2 Å². The molecular formula is C23H32N2O2. The predicted molar refractivity (Wildman–Crippen MR) is 109 cm³/mol. The fourth-order valence-corrected chi connectivity index (χ4v) is 4.57. The highest BCUT2D eigenvalue weighted by Crippen LogP contribution is 2.45. The fraction of sp³-hybridized carbons (Fsp3) is 0.609. The summed E-state index contributed by atoms with van der Waals surface area (Å²) >= 11 is 0. The molecule has 1 aromatic heterocycles. The first-order valence-corrected chi connectivity index (χ1v) is 10.3. The molecule has 2 heterocycles. The molecule has 1 aliphatic heterocycles. The number of benzene rings is 1. The monoisotopic (exact) mass is 368 g/mol. The number of hydrogen-bond donors (Lipinski definition) is 0. The van der Waals surface area contributed by atoms with Gasteiger partial charge in [-0.05, 0) is 88.0 Å². The molecule has 1 saturated carbocycles. The number of likely N-dealkylation sites (tertiary alicyclic amines) is 1. The van der Waals surface area contributed by atoms with Gasteiger partial charge in [0.05, 0.1) is 5.52 Å². The van der Waals surface area contributed by atoms with E-state index < -0.39 is 5.60 Å². The van der Waals surface area contributed by atoms with E-state index in [0.29, 0.717) is 5.92 Å². The summed E-state index contributed by atoms with van der Waals surface area (Å²) in [7, 11) is 2.13. The maximum atomic E-state index is 12.4. The Bertz CT molecular complexity index is 871. The Hall–Kier alpha value is -1.97. The highest BCUT2D eigenvalue weighted by atomic mass is 16.6. The lowest BCUT2D eigenvalue weighted by atomic mass is 9.89. The van der Waals surface area contributed by atoms with Crippen LogP contribution in [0.25, 0.3) is 10.9 Å². The van der Waals surface area contributed by atoms with Crippen molar-refractivity contribution in [3.63, 3.8) is 0 Å². The minimum absolute atomic E-state index is 0.166. The van der Waals surface area contributed by atoms with E-state index in [-0.39, 0.29) is 6.09 Å². The average Bonchev–Trinajstić information content (AvgIpc) is 3.17. The number of nitrogens with zero attached hydrogens (tertiary/aromatic N) is 2. The number of fused-ring (bicyclic) bond motifs is 1. The molecule has 1 saturated heterocycles. The van der Waals surface area contributed by atoms with Crippen LogP contribution in [0.2, 0.25) is 0 Å². The van der Waals surface area contributed by atoms with Crippen LogP contribution in [0.4, 0.5) is 4.79 Å². The third-order valence-corrected chi connectivity index (χ3v) is 5.94. The summed E-state index contributed by atoms with van der Waals surface area (Å²) in [5, 5.41) is 1.41. The van der Waals surface area contributed by atoms with Gasteiger partial charge >= 0.3 is 6.09 Å². The van der Waals surface area contributed by atoms with E-state index in [1.165, 1.54) is 34.9 Å². The molecule has 0 radical (unpaired) electrons. The smallest absolute Gasteiger partial charge is 0.410 e. The third kappa shape index (κ3) is 3.71. The van der Waals surface area contributed by atoms with Gasteiger partial charge in [0.15, 0.2) is 0 Å². The maximum Gasteiger partial charge on any atom is 0.410 e. The van der Waals surface area contributed by atoms with Crippen LogP contribution in [0, 0.1) is 12.8 Å². The van der Waals surface area contributed by atoms with Crippen LogP contribution in [0.1, 0.15) is 62.6 Å². The predicted octanol–water partition coefficient (Wildman–Crippen LogP) is 5.16. The number of carbonyl (C=O) groups excluding carboxylic acids is 1. The second kappa shape index (κ2) is 6.57. The first-order valence-electron chi connectivity index (χ1n) is 10.3. The average molecular weight is 369 g/mol. The molecule has 1 amide bonds.